The Morgan fingerprint density at radius 3 is 3.07 bits per heavy atom. The molecule has 2 aromatic rings. The van der Waals surface area contributed by atoms with Crippen LogP contribution in [-0.4, -0.2) is 14.6 Å². The molecule has 0 aliphatic carbocycles. The van der Waals surface area contributed by atoms with Gasteiger partial charge in [-0.1, -0.05) is 20.3 Å². The summed E-state index contributed by atoms with van der Waals surface area (Å²) in [7, 11) is 0. The third-order valence-corrected chi connectivity index (χ3v) is 2.48. The number of rotatable bonds is 3. The van der Waals surface area contributed by atoms with Crippen LogP contribution in [0, 0.1) is 0 Å². The molecule has 0 radical (unpaired) electrons. The Morgan fingerprint density at radius 1 is 1.50 bits per heavy atom. The van der Waals surface area contributed by atoms with Gasteiger partial charge in [0.05, 0.1) is 11.9 Å². The number of hydrogen-bond acceptors (Lipinski definition) is 2. The fourth-order valence-electron chi connectivity index (χ4n) is 1.67. The van der Waals surface area contributed by atoms with Gasteiger partial charge in [-0.2, -0.15) is 5.10 Å². The summed E-state index contributed by atoms with van der Waals surface area (Å²) >= 11 is 0. The minimum Gasteiger partial charge on any atom is -0.232 e. The Hall–Kier alpha value is -1.38. The molecule has 0 fully saturated rings. The van der Waals surface area contributed by atoms with Crippen molar-refractivity contribution in [3.8, 4) is 0 Å². The fraction of sp³-hybridized carbons (Fsp3) is 0.455. The summed E-state index contributed by atoms with van der Waals surface area (Å²) in [6.45, 7) is 4.41. The van der Waals surface area contributed by atoms with Crippen molar-refractivity contribution in [2.24, 2.45) is 0 Å². The van der Waals surface area contributed by atoms with E-state index >= 15 is 0 Å². The van der Waals surface area contributed by atoms with Gasteiger partial charge in [0.25, 0.3) is 0 Å². The van der Waals surface area contributed by atoms with Gasteiger partial charge in [0.1, 0.15) is 0 Å². The molecule has 14 heavy (non-hydrogen) atoms. The van der Waals surface area contributed by atoms with Crippen molar-refractivity contribution in [1.82, 2.24) is 14.6 Å². The summed E-state index contributed by atoms with van der Waals surface area (Å²) in [5.41, 5.74) is 2.08. The lowest BCUT2D eigenvalue weighted by Gasteiger charge is -2.04. The van der Waals surface area contributed by atoms with E-state index < -0.39 is 0 Å². The Morgan fingerprint density at radius 2 is 2.36 bits per heavy atom. The summed E-state index contributed by atoms with van der Waals surface area (Å²) in [6.07, 6.45) is 6.19. The molecule has 0 amide bonds. The summed E-state index contributed by atoms with van der Waals surface area (Å²) < 4.78 is 1.83. The van der Waals surface area contributed by atoms with Gasteiger partial charge in [-0.15, -0.1) is 0 Å². The van der Waals surface area contributed by atoms with Crippen LogP contribution in [0.4, 0.5) is 0 Å². The lowest BCUT2D eigenvalue weighted by molar-refractivity contribution is 0.650. The Kier molecular flexibility index (Phi) is 2.48. The molecule has 0 saturated carbocycles. The van der Waals surface area contributed by atoms with E-state index in [0.717, 1.165) is 11.3 Å². The molecular formula is C11H15N3. The standard InChI is InChI=1S/C11H15N3/c1-3-5-9(2)10-8-14-11(13-10)6-4-7-12-14/h4,6-9H,3,5H2,1-2H3. The quantitative estimate of drug-likeness (QED) is 0.743. The summed E-state index contributed by atoms with van der Waals surface area (Å²) in [5.74, 6) is 0.529. The molecule has 0 saturated heterocycles. The highest BCUT2D eigenvalue weighted by atomic mass is 15.2. The molecule has 3 heteroatoms. The molecule has 0 aliphatic heterocycles. The van der Waals surface area contributed by atoms with Crippen molar-refractivity contribution in [1.29, 1.82) is 0 Å². The minimum atomic E-state index is 0.529. The van der Waals surface area contributed by atoms with Crippen LogP contribution >= 0.6 is 0 Å². The third-order valence-electron chi connectivity index (χ3n) is 2.48. The lowest BCUT2D eigenvalue weighted by Crippen LogP contribution is -1.92. The molecule has 0 aromatic carbocycles. The van der Waals surface area contributed by atoms with Crippen LogP contribution in [0.1, 0.15) is 38.3 Å². The van der Waals surface area contributed by atoms with Crippen molar-refractivity contribution in [3.63, 3.8) is 0 Å². The first-order chi connectivity index (χ1) is 6.81. The van der Waals surface area contributed by atoms with Gasteiger partial charge in [-0.3, -0.25) is 0 Å². The van der Waals surface area contributed by atoms with E-state index in [4.69, 9.17) is 0 Å². The zero-order chi connectivity index (χ0) is 9.97. The Bertz CT molecular complexity index is 386. The average molecular weight is 189 g/mol. The Balaban J connectivity index is 2.35. The molecule has 74 valence electrons. The van der Waals surface area contributed by atoms with Crippen LogP contribution < -0.4 is 0 Å². The summed E-state index contributed by atoms with van der Waals surface area (Å²) in [5, 5.41) is 4.20. The van der Waals surface area contributed by atoms with Gasteiger partial charge in [0, 0.05) is 12.1 Å². The van der Waals surface area contributed by atoms with Gasteiger partial charge < -0.3 is 0 Å². The van der Waals surface area contributed by atoms with Gasteiger partial charge in [0.15, 0.2) is 5.65 Å². The topological polar surface area (TPSA) is 30.2 Å². The molecule has 1 unspecified atom stereocenters. The summed E-state index contributed by atoms with van der Waals surface area (Å²) in [4.78, 5) is 4.53. The van der Waals surface area contributed by atoms with Crippen molar-refractivity contribution < 1.29 is 0 Å². The van der Waals surface area contributed by atoms with Gasteiger partial charge >= 0.3 is 0 Å². The van der Waals surface area contributed by atoms with E-state index in [2.05, 4.69) is 23.9 Å². The summed E-state index contributed by atoms with van der Waals surface area (Å²) in [6, 6.07) is 3.89. The number of imidazole rings is 1. The van der Waals surface area contributed by atoms with Crippen molar-refractivity contribution in [3.05, 3.63) is 30.2 Å². The minimum absolute atomic E-state index is 0.529. The maximum Gasteiger partial charge on any atom is 0.153 e. The normalized spacial score (nSPS) is 13.3. The molecule has 2 heterocycles. The predicted molar refractivity (Wildman–Crippen MR) is 56.3 cm³/mol. The highest BCUT2D eigenvalue weighted by molar-refractivity contribution is 5.37. The van der Waals surface area contributed by atoms with Crippen LogP contribution in [0.25, 0.3) is 5.65 Å². The molecule has 0 N–H and O–H groups in total. The van der Waals surface area contributed by atoms with E-state index in [1.165, 1.54) is 12.8 Å². The maximum absolute atomic E-state index is 4.53. The van der Waals surface area contributed by atoms with E-state index in [-0.39, 0.29) is 0 Å². The Labute approximate surface area is 83.8 Å². The molecule has 0 bridgehead atoms. The van der Waals surface area contributed by atoms with E-state index in [1.54, 1.807) is 6.20 Å². The van der Waals surface area contributed by atoms with E-state index in [1.807, 2.05) is 22.8 Å². The largest absolute Gasteiger partial charge is 0.232 e. The molecule has 1 atom stereocenters. The SMILES string of the molecule is CCCC(C)c1cn2ncccc2n1. The van der Waals surface area contributed by atoms with Gasteiger partial charge in [0.2, 0.25) is 0 Å². The highest BCUT2D eigenvalue weighted by Crippen LogP contribution is 2.19. The van der Waals surface area contributed by atoms with Gasteiger partial charge in [-0.25, -0.2) is 9.50 Å². The first-order valence-electron chi connectivity index (χ1n) is 5.11. The zero-order valence-corrected chi connectivity index (χ0v) is 8.64. The predicted octanol–water partition coefficient (Wildman–Crippen LogP) is 2.63. The monoisotopic (exact) mass is 189 g/mol. The average Bonchev–Trinajstić information content (AvgIpc) is 2.61. The first-order valence-corrected chi connectivity index (χ1v) is 5.11. The first kappa shape index (κ1) is 9.19. The molecule has 2 rings (SSSR count). The van der Waals surface area contributed by atoms with Crippen molar-refractivity contribution >= 4 is 5.65 Å². The lowest BCUT2D eigenvalue weighted by atomic mass is 10.0. The van der Waals surface area contributed by atoms with Crippen molar-refractivity contribution in [2.45, 2.75) is 32.6 Å². The molecule has 3 nitrogen and oxygen atoms in total. The molecule has 0 aliphatic rings. The number of aromatic nitrogens is 3. The van der Waals surface area contributed by atoms with Crippen LogP contribution in [0.15, 0.2) is 24.5 Å². The second-order valence-electron chi connectivity index (χ2n) is 3.68. The zero-order valence-electron chi connectivity index (χ0n) is 8.64. The highest BCUT2D eigenvalue weighted by Gasteiger charge is 2.08. The molecule has 0 spiro atoms. The van der Waals surface area contributed by atoms with E-state index in [0.29, 0.717) is 5.92 Å². The number of hydrogen-bond donors (Lipinski definition) is 0. The maximum atomic E-state index is 4.53. The molecule has 2 aromatic heterocycles. The van der Waals surface area contributed by atoms with Crippen LogP contribution in [0.2, 0.25) is 0 Å². The fourth-order valence-corrected chi connectivity index (χ4v) is 1.67. The number of nitrogens with zero attached hydrogens (tertiary/aromatic N) is 3. The smallest absolute Gasteiger partial charge is 0.153 e. The third kappa shape index (κ3) is 1.62. The van der Waals surface area contributed by atoms with Crippen LogP contribution in [0.5, 0.6) is 0 Å². The van der Waals surface area contributed by atoms with Crippen LogP contribution in [-0.2, 0) is 0 Å². The second-order valence-corrected chi connectivity index (χ2v) is 3.68. The second kappa shape index (κ2) is 3.78. The number of fused-ring (bicyclic) bond motifs is 1. The molecular weight excluding hydrogens is 174 g/mol. The van der Waals surface area contributed by atoms with Gasteiger partial charge in [-0.05, 0) is 18.6 Å². The van der Waals surface area contributed by atoms with Crippen molar-refractivity contribution in [2.75, 3.05) is 0 Å². The van der Waals surface area contributed by atoms with E-state index in [9.17, 15) is 0 Å². The van der Waals surface area contributed by atoms with Crippen LogP contribution in [0.3, 0.4) is 0 Å².